The van der Waals surface area contributed by atoms with Crippen molar-refractivity contribution < 1.29 is 9.47 Å². The number of ether oxygens (including phenoxy) is 2. The maximum absolute atomic E-state index is 7.58. The largest absolute Gasteiger partial charge is 0.490 e. The van der Waals surface area contributed by atoms with Gasteiger partial charge in [-0.05, 0) is 37.3 Å². The van der Waals surface area contributed by atoms with Crippen LogP contribution in [0.5, 0.6) is 17.2 Å². The van der Waals surface area contributed by atoms with Gasteiger partial charge < -0.3 is 15.2 Å². The molecule has 2 aromatic carbocycles. The highest BCUT2D eigenvalue weighted by Crippen LogP contribution is 2.33. The lowest BCUT2D eigenvalue weighted by Gasteiger charge is -2.13. The third kappa shape index (κ3) is 3.22. The summed E-state index contributed by atoms with van der Waals surface area (Å²) in [7, 11) is 0. The predicted molar refractivity (Wildman–Crippen MR) is 80.2 cm³/mol. The number of para-hydroxylation sites is 2. The number of rotatable bonds is 5. The first kappa shape index (κ1) is 14.2. The van der Waals surface area contributed by atoms with Crippen molar-refractivity contribution in [2.75, 3.05) is 6.61 Å². The van der Waals surface area contributed by atoms with E-state index >= 15 is 0 Å². The van der Waals surface area contributed by atoms with E-state index in [1.54, 1.807) is 24.3 Å². The van der Waals surface area contributed by atoms with E-state index in [1.165, 1.54) is 0 Å². The summed E-state index contributed by atoms with van der Waals surface area (Å²) in [5, 5.41) is 8.08. The highest BCUT2D eigenvalue weighted by molar-refractivity contribution is 6.31. The first-order valence-corrected chi connectivity index (χ1v) is 6.53. The van der Waals surface area contributed by atoms with Gasteiger partial charge in [-0.15, -0.1) is 0 Å². The Balaban J connectivity index is 2.37. The summed E-state index contributed by atoms with van der Waals surface area (Å²) < 4.78 is 11.3. The van der Waals surface area contributed by atoms with Crippen molar-refractivity contribution in [3.05, 3.63) is 53.1 Å². The van der Waals surface area contributed by atoms with E-state index < -0.39 is 0 Å². The molecule has 0 bridgehead atoms. The van der Waals surface area contributed by atoms with E-state index in [0.717, 1.165) is 0 Å². The molecule has 0 heterocycles. The second-order valence-corrected chi connectivity index (χ2v) is 4.47. The number of nitrogens with one attached hydrogen (secondary N) is 1. The summed E-state index contributed by atoms with van der Waals surface area (Å²) >= 11 is 5.91. The summed E-state index contributed by atoms with van der Waals surface area (Å²) in [6.45, 7) is 2.45. The Morgan fingerprint density at radius 3 is 2.50 bits per heavy atom. The Hall–Kier alpha value is -2.20. The molecule has 5 heteroatoms. The zero-order chi connectivity index (χ0) is 14.5. The van der Waals surface area contributed by atoms with Crippen LogP contribution in [0.2, 0.25) is 5.02 Å². The van der Waals surface area contributed by atoms with Gasteiger partial charge in [0.2, 0.25) is 0 Å². The van der Waals surface area contributed by atoms with Crippen molar-refractivity contribution in [3.8, 4) is 17.2 Å². The minimum Gasteiger partial charge on any atom is -0.490 e. The summed E-state index contributed by atoms with van der Waals surface area (Å²) in [5.74, 6) is 1.57. The molecule has 0 aliphatic carbocycles. The fourth-order valence-electron chi connectivity index (χ4n) is 1.73. The predicted octanol–water partition coefficient (Wildman–Crippen LogP) is 3.82. The molecule has 4 nitrogen and oxygen atoms in total. The molecule has 0 amide bonds. The van der Waals surface area contributed by atoms with E-state index in [4.69, 9.17) is 32.2 Å². The standard InChI is InChI=1S/C15H15ClN2O2/c1-2-19-13-5-3-4-6-14(13)20-12-8-7-10(16)9-11(12)15(17)18/h3-9H,2H2,1H3,(H3,17,18). The lowest BCUT2D eigenvalue weighted by Crippen LogP contribution is -2.12. The Bertz CT molecular complexity index is 629. The van der Waals surface area contributed by atoms with E-state index in [0.29, 0.717) is 34.4 Å². The molecule has 0 radical (unpaired) electrons. The maximum Gasteiger partial charge on any atom is 0.169 e. The molecule has 0 aliphatic heterocycles. The van der Waals surface area contributed by atoms with Crippen LogP contribution in [0, 0.1) is 5.41 Å². The highest BCUT2D eigenvalue weighted by Gasteiger charge is 2.11. The van der Waals surface area contributed by atoms with Gasteiger partial charge in [-0.25, -0.2) is 0 Å². The van der Waals surface area contributed by atoms with Crippen LogP contribution < -0.4 is 15.2 Å². The average molecular weight is 291 g/mol. The third-order valence-corrected chi connectivity index (χ3v) is 2.84. The molecule has 0 spiro atoms. The van der Waals surface area contributed by atoms with Crippen molar-refractivity contribution in [2.45, 2.75) is 6.92 Å². The molecule has 2 aromatic rings. The maximum atomic E-state index is 7.58. The molecule has 0 atom stereocenters. The first-order chi connectivity index (χ1) is 9.61. The van der Waals surface area contributed by atoms with Crippen LogP contribution in [0.3, 0.4) is 0 Å². The summed E-state index contributed by atoms with van der Waals surface area (Å²) in [6.07, 6.45) is 0. The third-order valence-electron chi connectivity index (χ3n) is 2.60. The number of hydrogen-bond acceptors (Lipinski definition) is 3. The van der Waals surface area contributed by atoms with Crippen molar-refractivity contribution in [1.82, 2.24) is 0 Å². The topological polar surface area (TPSA) is 68.3 Å². The smallest absolute Gasteiger partial charge is 0.169 e. The van der Waals surface area contributed by atoms with Crippen molar-refractivity contribution in [2.24, 2.45) is 5.73 Å². The Morgan fingerprint density at radius 2 is 1.85 bits per heavy atom. The van der Waals surface area contributed by atoms with E-state index in [1.807, 2.05) is 25.1 Å². The molecular weight excluding hydrogens is 276 g/mol. The van der Waals surface area contributed by atoms with Gasteiger partial charge in [-0.3, -0.25) is 5.41 Å². The van der Waals surface area contributed by atoms with Crippen LogP contribution in [-0.2, 0) is 0 Å². The Labute approximate surface area is 122 Å². The van der Waals surface area contributed by atoms with Gasteiger partial charge in [-0.1, -0.05) is 23.7 Å². The summed E-state index contributed by atoms with van der Waals surface area (Å²) in [4.78, 5) is 0. The quantitative estimate of drug-likeness (QED) is 0.650. The average Bonchev–Trinajstić information content (AvgIpc) is 2.43. The molecule has 0 unspecified atom stereocenters. The lowest BCUT2D eigenvalue weighted by molar-refractivity contribution is 0.321. The molecule has 0 fully saturated rings. The van der Waals surface area contributed by atoms with Gasteiger partial charge in [0.1, 0.15) is 11.6 Å². The molecule has 0 aliphatic rings. The fourth-order valence-corrected chi connectivity index (χ4v) is 1.90. The number of amidine groups is 1. The lowest BCUT2D eigenvalue weighted by atomic mass is 10.2. The Morgan fingerprint density at radius 1 is 1.15 bits per heavy atom. The SMILES string of the molecule is CCOc1ccccc1Oc1ccc(Cl)cc1C(=N)N. The van der Waals surface area contributed by atoms with Gasteiger partial charge in [0, 0.05) is 5.02 Å². The van der Waals surface area contributed by atoms with Crippen LogP contribution in [0.25, 0.3) is 0 Å². The number of nitrogen functional groups attached to an aromatic ring is 1. The van der Waals surface area contributed by atoms with Crippen LogP contribution in [0.4, 0.5) is 0 Å². The van der Waals surface area contributed by atoms with Crippen molar-refractivity contribution in [1.29, 1.82) is 5.41 Å². The van der Waals surface area contributed by atoms with Crippen LogP contribution in [0.1, 0.15) is 12.5 Å². The van der Waals surface area contributed by atoms with E-state index in [2.05, 4.69) is 0 Å². The van der Waals surface area contributed by atoms with Gasteiger partial charge in [0.25, 0.3) is 0 Å². The molecular formula is C15H15ClN2O2. The monoisotopic (exact) mass is 290 g/mol. The molecule has 2 rings (SSSR count). The first-order valence-electron chi connectivity index (χ1n) is 6.15. The number of hydrogen-bond donors (Lipinski definition) is 2. The molecule has 0 saturated heterocycles. The van der Waals surface area contributed by atoms with E-state index in [-0.39, 0.29) is 5.84 Å². The highest BCUT2D eigenvalue weighted by atomic mass is 35.5. The number of halogens is 1. The molecule has 20 heavy (non-hydrogen) atoms. The molecule has 3 N–H and O–H groups in total. The number of nitrogens with two attached hydrogens (primary N) is 1. The number of benzene rings is 2. The molecule has 0 aromatic heterocycles. The summed E-state index contributed by atoms with van der Waals surface area (Å²) in [6, 6.07) is 12.3. The van der Waals surface area contributed by atoms with Gasteiger partial charge in [0.15, 0.2) is 11.5 Å². The zero-order valence-corrected chi connectivity index (χ0v) is 11.8. The van der Waals surface area contributed by atoms with Crippen LogP contribution in [-0.4, -0.2) is 12.4 Å². The molecule has 104 valence electrons. The van der Waals surface area contributed by atoms with Crippen molar-refractivity contribution in [3.63, 3.8) is 0 Å². The second-order valence-electron chi connectivity index (χ2n) is 4.04. The van der Waals surface area contributed by atoms with Gasteiger partial charge in [-0.2, -0.15) is 0 Å². The van der Waals surface area contributed by atoms with Gasteiger partial charge >= 0.3 is 0 Å². The molecule has 0 saturated carbocycles. The van der Waals surface area contributed by atoms with Gasteiger partial charge in [0.05, 0.1) is 12.2 Å². The fraction of sp³-hybridized carbons (Fsp3) is 0.133. The summed E-state index contributed by atoms with van der Waals surface area (Å²) in [5.41, 5.74) is 6.00. The normalized spacial score (nSPS) is 10.1. The minimum atomic E-state index is -0.101. The second kappa shape index (κ2) is 6.30. The minimum absolute atomic E-state index is 0.101. The zero-order valence-electron chi connectivity index (χ0n) is 11.0. The Kier molecular flexibility index (Phi) is 4.48. The van der Waals surface area contributed by atoms with Crippen LogP contribution in [0.15, 0.2) is 42.5 Å². The van der Waals surface area contributed by atoms with Crippen molar-refractivity contribution >= 4 is 17.4 Å². The van der Waals surface area contributed by atoms with E-state index in [9.17, 15) is 0 Å². The van der Waals surface area contributed by atoms with Crippen LogP contribution >= 0.6 is 11.6 Å².